The molecule has 0 aliphatic carbocycles. The molecule has 3 aromatic carbocycles. The van der Waals surface area contributed by atoms with Gasteiger partial charge < -0.3 is 10.4 Å². The Balaban J connectivity index is 2.01. The molecular weight excluding hydrogens is 282 g/mol. The third-order valence-corrected chi connectivity index (χ3v) is 4.54. The Morgan fingerprint density at radius 1 is 0.783 bits per heavy atom. The lowest BCUT2D eigenvalue weighted by molar-refractivity contribution is 0.246. The van der Waals surface area contributed by atoms with Gasteiger partial charge in [-0.3, -0.25) is 0 Å². The lowest BCUT2D eigenvalue weighted by atomic mass is 9.81. The molecule has 2 N–H and O–H groups in total. The van der Waals surface area contributed by atoms with Gasteiger partial charge in [0.2, 0.25) is 0 Å². The Morgan fingerprint density at radius 3 is 2.17 bits per heavy atom. The number of rotatable bonds is 6. The van der Waals surface area contributed by atoms with Crippen LogP contribution in [0.15, 0.2) is 72.8 Å². The summed E-state index contributed by atoms with van der Waals surface area (Å²) >= 11 is 0. The van der Waals surface area contributed by atoms with Gasteiger partial charge in [0.1, 0.15) is 0 Å². The number of benzene rings is 3. The first kappa shape index (κ1) is 15.7. The quantitative estimate of drug-likeness (QED) is 0.723. The first-order chi connectivity index (χ1) is 11.3. The van der Waals surface area contributed by atoms with Gasteiger partial charge in [0.05, 0.1) is 6.61 Å². The zero-order valence-electron chi connectivity index (χ0n) is 13.4. The summed E-state index contributed by atoms with van der Waals surface area (Å²) in [4.78, 5) is 0. The lowest BCUT2D eigenvalue weighted by Crippen LogP contribution is -2.25. The zero-order chi connectivity index (χ0) is 16.1. The van der Waals surface area contributed by atoms with Gasteiger partial charge in [-0.1, -0.05) is 72.8 Å². The van der Waals surface area contributed by atoms with Gasteiger partial charge in [-0.25, -0.2) is 0 Å². The standard InChI is InChI=1S/C21H23NO/c1-22-14-20(21(15-23)17-8-3-2-4-9-17)19-12-11-16-7-5-6-10-18(16)13-19/h2-13,20-23H,14-15H2,1H3/t20-,21-/m1/s1. The smallest absolute Gasteiger partial charge is 0.0506 e. The highest BCUT2D eigenvalue weighted by Gasteiger charge is 2.23. The summed E-state index contributed by atoms with van der Waals surface area (Å²) in [6.07, 6.45) is 0. The third-order valence-electron chi connectivity index (χ3n) is 4.54. The highest BCUT2D eigenvalue weighted by Crippen LogP contribution is 2.33. The number of likely N-dealkylation sites (N-methyl/N-ethyl adjacent to an activating group) is 1. The fourth-order valence-electron chi connectivity index (χ4n) is 3.32. The molecule has 0 radical (unpaired) electrons. The van der Waals surface area contributed by atoms with Crippen molar-refractivity contribution >= 4 is 10.8 Å². The van der Waals surface area contributed by atoms with E-state index in [1.807, 2.05) is 25.2 Å². The minimum atomic E-state index is 0.0878. The molecule has 0 spiro atoms. The van der Waals surface area contributed by atoms with Crippen molar-refractivity contribution in [3.05, 3.63) is 83.9 Å². The number of aliphatic hydroxyl groups excluding tert-OH is 1. The SMILES string of the molecule is CNC[C@H](c1ccc2ccccc2c1)[C@H](CO)c1ccccc1. The van der Waals surface area contributed by atoms with Gasteiger partial charge in [-0.2, -0.15) is 0 Å². The summed E-state index contributed by atoms with van der Waals surface area (Å²) in [6.45, 7) is 0.974. The molecule has 3 aromatic rings. The summed E-state index contributed by atoms with van der Waals surface area (Å²) in [6, 6.07) is 25.3. The van der Waals surface area contributed by atoms with Crippen molar-refractivity contribution in [3.8, 4) is 0 Å². The van der Waals surface area contributed by atoms with Gasteiger partial charge in [0, 0.05) is 18.4 Å². The average Bonchev–Trinajstić information content (AvgIpc) is 2.62. The highest BCUT2D eigenvalue weighted by atomic mass is 16.3. The monoisotopic (exact) mass is 305 g/mol. The molecule has 118 valence electrons. The Labute approximate surface area is 137 Å². The Hall–Kier alpha value is -2.16. The van der Waals surface area contributed by atoms with E-state index >= 15 is 0 Å². The third kappa shape index (κ3) is 3.44. The Kier molecular flexibility index (Phi) is 5.06. The zero-order valence-corrected chi connectivity index (χ0v) is 13.4. The second-order valence-electron chi connectivity index (χ2n) is 5.97. The van der Waals surface area contributed by atoms with Crippen LogP contribution >= 0.6 is 0 Å². The van der Waals surface area contributed by atoms with E-state index < -0.39 is 0 Å². The van der Waals surface area contributed by atoms with Gasteiger partial charge in [-0.15, -0.1) is 0 Å². The second-order valence-corrected chi connectivity index (χ2v) is 5.97. The molecule has 0 saturated carbocycles. The van der Waals surface area contributed by atoms with Crippen LogP contribution < -0.4 is 5.32 Å². The van der Waals surface area contributed by atoms with E-state index in [4.69, 9.17) is 0 Å². The van der Waals surface area contributed by atoms with E-state index in [2.05, 4.69) is 59.9 Å². The van der Waals surface area contributed by atoms with Crippen molar-refractivity contribution in [3.63, 3.8) is 0 Å². The summed E-state index contributed by atoms with van der Waals surface area (Å²) < 4.78 is 0. The maximum atomic E-state index is 10.0. The summed E-state index contributed by atoms with van der Waals surface area (Å²) in [5.41, 5.74) is 2.45. The number of fused-ring (bicyclic) bond motifs is 1. The van der Waals surface area contributed by atoms with E-state index in [0.29, 0.717) is 0 Å². The highest BCUT2D eigenvalue weighted by molar-refractivity contribution is 5.83. The van der Waals surface area contributed by atoms with E-state index in [1.165, 1.54) is 21.9 Å². The predicted octanol–water partition coefficient (Wildman–Crippen LogP) is 3.92. The molecular formula is C21H23NO. The van der Waals surface area contributed by atoms with Crippen LogP contribution in [-0.4, -0.2) is 25.3 Å². The molecule has 23 heavy (non-hydrogen) atoms. The lowest BCUT2D eigenvalue weighted by Gasteiger charge is -2.27. The molecule has 0 fully saturated rings. The molecule has 0 aliphatic rings. The summed E-state index contributed by atoms with van der Waals surface area (Å²) in [5.74, 6) is 0.321. The molecule has 2 nitrogen and oxygen atoms in total. The van der Waals surface area contributed by atoms with Crippen molar-refractivity contribution in [1.29, 1.82) is 0 Å². The van der Waals surface area contributed by atoms with E-state index in [-0.39, 0.29) is 18.4 Å². The fourth-order valence-corrected chi connectivity index (χ4v) is 3.32. The molecule has 2 heteroatoms. The first-order valence-corrected chi connectivity index (χ1v) is 8.12. The molecule has 0 unspecified atom stereocenters. The van der Waals surface area contributed by atoms with Gasteiger partial charge in [-0.05, 0) is 28.9 Å². The van der Waals surface area contributed by atoms with Crippen LogP contribution in [0, 0.1) is 0 Å². The van der Waals surface area contributed by atoms with Crippen LogP contribution in [0.5, 0.6) is 0 Å². The summed E-state index contributed by atoms with van der Waals surface area (Å²) in [5, 5.41) is 15.8. The molecule has 0 amide bonds. The topological polar surface area (TPSA) is 32.3 Å². The molecule has 0 aliphatic heterocycles. The number of aliphatic hydroxyl groups is 1. The molecule has 2 atom stereocenters. The first-order valence-electron chi connectivity index (χ1n) is 8.12. The second kappa shape index (κ2) is 7.40. The number of hydrogen-bond donors (Lipinski definition) is 2. The molecule has 0 saturated heterocycles. The maximum absolute atomic E-state index is 10.0. The van der Waals surface area contributed by atoms with Gasteiger partial charge in [0.15, 0.2) is 0 Å². The Morgan fingerprint density at radius 2 is 1.48 bits per heavy atom. The molecule has 0 heterocycles. The van der Waals surface area contributed by atoms with E-state index in [1.54, 1.807) is 0 Å². The van der Waals surface area contributed by atoms with Crippen LogP contribution in [0.2, 0.25) is 0 Å². The number of hydrogen-bond acceptors (Lipinski definition) is 2. The molecule has 0 aromatic heterocycles. The largest absolute Gasteiger partial charge is 0.396 e. The molecule has 3 rings (SSSR count). The Bertz CT molecular complexity index is 754. The van der Waals surface area contributed by atoms with Crippen LogP contribution in [0.3, 0.4) is 0 Å². The summed E-state index contributed by atoms with van der Waals surface area (Å²) in [7, 11) is 1.97. The normalized spacial score (nSPS) is 13.8. The van der Waals surface area contributed by atoms with Crippen LogP contribution in [0.1, 0.15) is 23.0 Å². The van der Waals surface area contributed by atoms with Gasteiger partial charge in [0.25, 0.3) is 0 Å². The van der Waals surface area contributed by atoms with Crippen molar-refractivity contribution in [2.24, 2.45) is 0 Å². The fraction of sp³-hybridized carbons (Fsp3) is 0.238. The molecule has 0 bridgehead atoms. The van der Waals surface area contributed by atoms with E-state index in [0.717, 1.165) is 6.54 Å². The predicted molar refractivity (Wildman–Crippen MR) is 96.9 cm³/mol. The van der Waals surface area contributed by atoms with Gasteiger partial charge >= 0.3 is 0 Å². The van der Waals surface area contributed by atoms with Crippen LogP contribution in [0.4, 0.5) is 0 Å². The van der Waals surface area contributed by atoms with Crippen LogP contribution in [0.25, 0.3) is 10.8 Å². The van der Waals surface area contributed by atoms with Crippen molar-refractivity contribution in [1.82, 2.24) is 5.32 Å². The van der Waals surface area contributed by atoms with Crippen molar-refractivity contribution in [2.75, 3.05) is 20.2 Å². The van der Waals surface area contributed by atoms with E-state index in [9.17, 15) is 5.11 Å². The maximum Gasteiger partial charge on any atom is 0.0506 e. The van der Waals surface area contributed by atoms with Crippen LogP contribution in [-0.2, 0) is 0 Å². The van der Waals surface area contributed by atoms with Crippen molar-refractivity contribution in [2.45, 2.75) is 11.8 Å². The number of nitrogens with one attached hydrogen (secondary N) is 1. The van der Waals surface area contributed by atoms with Crippen molar-refractivity contribution < 1.29 is 5.11 Å². The minimum absolute atomic E-state index is 0.0878. The average molecular weight is 305 g/mol. The minimum Gasteiger partial charge on any atom is -0.396 e.